The van der Waals surface area contributed by atoms with Crippen molar-refractivity contribution >= 4 is 16.7 Å². The lowest BCUT2D eigenvalue weighted by atomic mass is 10.1. The summed E-state index contributed by atoms with van der Waals surface area (Å²) in [5.74, 6) is 0.580. The van der Waals surface area contributed by atoms with E-state index in [1.165, 1.54) is 0 Å². The fourth-order valence-electron chi connectivity index (χ4n) is 3.28. The van der Waals surface area contributed by atoms with E-state index in [2.05, 4.69) is 10.3 Å². The zero-order valence-corrected chi connectivity index (χ0v) is 14.2. The summed E-state index contributed by atoms with van der Waals surface area (Å²) in [5.41, 5.74) is 2.07. The number of anilines is 1. The second kappa shape index (κ2) is 6.72. The Labute approximate surface area is 145 Å². The van der Waals surface area contributed by atoms with E-state index in [1.54, 1.807) is 24.6 Å². The predicted molar refractivity (Wildman–Crippen MR) is 96.8 cm³/mol. The molecule has 0 saturated carbocycles. The highest BCUT2D eigenvalue weighted by Gasteiger charge is 2.16. The second-order valence-corrected chi connectivity index (χ2v) is 6.26. The highest BCUT2D eigenvalue weighted by molar-refractivity contribution is 5.82. The van der Waals surface area contributed by atoms with Crippen LogP contribution in [0.1, 0.15) is 19.8 Å². The zero-order valence-electron chi connectivity index (χ0n) is 14.2. The highest BCUT2D eigenvalue weighted by atomic mass is 16.5. The first kappa shape index (κ1) is 15.9. The van der Waals surface area contributed by atoms with Gasteiger partial charge < -0.3 is 19.0 Å². The largest absolute Gasteiger partial charge is 0.464 e. The minimum absolute atomic E-state index is 0.0576. The predicted octanol–water partition coefficient (Wildman–Crippen LogP) is 3.27. The van der Waals surface area contributed by atoms with E-state index in [-0.39, 0.29) is 5.43 Å². The van der Waals surface area contributed by atoms with Crippen LogP contribution in [-0.4, -0.2) is 28.8 Å². The maximum atomic E-state index is 13.0. The average Bonchev–Trinajstić information content (AvgIpc) is 3.18. The lowest BCUT2D eigenvalue weighted by Crippen LogP contribution is -2.28. The molecular formula is C19H21N3O3. The first-order valence-electron chi connectivity index (χ1n) is 8.67. The molecule has 0 spiro atoms. The molecule has 4 heterocycles. The van der Waals surface area contributed by atoms with Crippen LogP contribution in [0.15, 0.2) is 46.1 Å². The van der Waals surface area contributed by atoms with Crippen LogP contribution in [0.3, 0.4) is 0 Å². The van der Waals surface area contributed by atoms with E-state index in [4.69, 9.17) is 9.15 Å². The van der Waals surface area contributed by atoms with Crippen LogP contribution in [-0.2, 0) is 11.3 Å². The van der Waals surface area contributed by atoms with Crippen LogP contribution >= 0.6 is 0 Å². The van der Waals surface area contributed by atoms with E-state index < -0.39 is 0 Å². The third-order valence-corrected chi connectivity index (χ3v) is 4.63. The summed E-state index contributed by atoms with van der Waals surface area (Å²) in [7, 11) is 0. The van der Waals surface area contributed by atoms with Gasteiger partial charge in [-0.25, -0.2) is 4.98 Å². The molecule has 0 bridgehead atoms. The van der Waals surface area contributed by atoms with Crippen molar-refractivity contribution in [1.29, 1.82) is 0 Å². The molecule has 4 rings (SSSR count). The van der Waals surface area contributed by atoms with Crippen LogP contribution in [0.2, 0.25) is 0 Å². The Morgan fingerprint density at radius 1 is 1.36 bits per heavy atom. The van der Waals surface area contributed by atoms with Gasteiger partial charge in [0, 0.05) is 32.0 Å². The molecule has 0 atom stereocenters. The minimum atomic E-state index is -0.0576. The molecule has 0 aromatic carbocycles. The fourth-order valence-corrected chi connectivity index (χ4v) is 3.28. The molecule has 0 amide bonds. The van der Waals surface area contributed by atoms with Gasteiger partial charge in [-0.05, 0) is 38.0 Å². The normalized spacial score (nSPS) is 15.6. The molecule has 0 unspecified atom stereocenters. The number of furan rings is 1. The molecule has 6 heteroatoms. The summed E-state index contributed by atoms with van der Waals surface area (Å²) >= 11 is 0. The smallest absolute Gasteiger partial charge is 0.202 e. The summed E-state index contributed by atoms with van der Waals surface area (Å²) in [4.78, 5) is 17.5. The summed E-state index contributed by atoms with van der Waals surface area (Å²) in [6, 6.07) is 5.85. The van der Waals surface area contributed by atoms with Crippen molar-refractivity contribution in [3.05, 3.63) is 47.1 Å². The van der Waals surface area contributed by atoms with Crippen LogP contribution < -0.4 is 10.7 Å². The highest BCUT2D eigenvalue weighted by Crippen LogP contribution is 2.22. The Morgan fingerprint density at radius 2 is 2.20 bits per heavy atom. The minimum Gasteiger partial charge on any atom is -0.464 e. The molecule has 0 aliphatic carbocycles. The van der Waals surface area contributed by atoms with E-state index in [1.807, 2.05) is 23.8 Å². The van der Waals surface area contributed by atoms with Gasteiger partial charge in [0.05, 0.1) is 29.1 Å². The number of nitrogens with zero attached hydrogens (tertiary/aromatic N) is 2. The van der Waals surface area contributed by atoms with Gasteiger partial charge in [-0.15, -0.1) is 0 Å². The lowest BCUT2D eigenvalue weighted by Gasteiger charge is -2.24. The molecule has 1 aliphatic heterocycles. The maximum Gasteiger partial charge on any atom is 0.202 e. The topological polar surface area (TPSA) is 69.3 Å². The van der Waals surface area contributed by atoms with E-state index >= 15 is 0 Å². The second-order valence-electron chi connectivity index (χ2n) is 6.26. The molecule has 0 radical (unpaired) electrons. The molecule has 3 aromatic rings. The average molecular weight is 339 g/mol. The number of ether oxygens (including phenoxy) is 1. The van der Waals surface area contributed by atoms with Crippen LogP contribution in [0, 0.1) is 0 Å². The first-order chi connectivity index (χ1) is 12.3. The SMILES string of the molecule is CCn1cc(-c2ccco2)c(=O)c2cc(NC3CCOCC3)cnc21. The third kappa shape index (κ3) is 3.05. The summed E-state index contributed by atoms with van der Waals surface area (Å²) in [5, 5.41) is 4.08. The Bertz CT molecular complexity index is 925. The van der Waals surface area contributed by atoms with Gasteiger partial charge in [-0.2, -0.15) is 0 Å². The van der Waals surface area contributed by atoms with Gasteiger partial charge in [0.25, 0.3) is 0 Å². The van der Waals surface area contributed by atoms with Crippen molar-refractivity contribution in [2.75, 3.05) is 18.5 Å². The van der Waals surface area contributed by atoms with Crippen molar-refractivity contribution in [3.63, 3.8) is 0 Å². The number of pyridine rings is 2. The van der Waals surface area contributed by atoms with Crippen LogP contribution in [0.5, 0.6) is 0 Å². The molecule has 1 aliphatic rings. The molecule has 3 aromatic heterocycles. The quantitative estimate of drug-likeness (QED) is 0.790. The zero-order chi connectivity index (χ0) is 17.2. The van der Waals surface area contributed by atoms with Gasteiger partial charge in [-0.3, -0.25) is 4.79 Å². The summed E-state index contributed by atoms with van der Waals surface area (Å²) in [6.45, 7) is 4.30. The molecule has 25 heavy (non-hydrogen) atoms. The standard InChI is InChI=1S/C19H21N3O3/c1-2-22-12-16(17-4-3-7-25-17)18(23)15-10-14(11-20-19(15)22)21-13-5-8-24-9-6-13/h3-4,7,10-13,21H,2,5-6,8-9H2,1H3. The number of rotatable bonds is 4. The number of fused-ring (bicyclic) bond motifs is 1. The molecule has 130 valence electrons. The first-order valence-corrected chi connectivity index (χ1v) is 8.67. The van der Waals surface area contributed by atoms with Crippen molar-refractivity contribution in [2.45, 2.75) is 32.4 Å². The van der Waals surface area contributed by atoms with E-state index in [0.717, 1.165) is 38.3 Å². The van der Waals surface area contributed by atoms with Crippen molar-refractivity contribution < 1.29 is 9.15 Å². The van der Waals surface area contributed by atoms with Gasteiger partial charge in [0.15, 0.2) is 0 Å². The Kier molecular flexibility index (Phi) is 4.28. The number of aryl methyl sites for hydroxylation is 1. The molecular weight excluding hydrogens is 318 g/mol. The molecule has 1 fully saturated rings. The third-order valence-electron chi connectivity index (χ3n) is 4.63. The van der Waals surface area contributed by atoms with E-state index in [0.29, 0.717) is 28.4 Å². The number of nitrogens with one attached hydrogen (secondary N) is 1. The van der Waals surface area contributed by atoms with E-state index in [9.17, 15) is 4.79 Å². The van der Waals surface area contributed by atoms with Crippen molar-refractivity contribution in [3.8, 4) is 11.3 Å². The summed E-state index contributed by atoms with van der Waals surface area (Å²) in [6.07, 6.45) is 7.13. The fraction of sp³-hybridized carbons (Fsp3) is 0.368. The lowest BCUT2D eigenvalue weighted by molar-refractivity contribution is 0.0904. The van der Waals surface area contributed by atoms with Gasteiger partial charge in [0.1, 0.15) is 11.4 Å². The Morgan fingerprint density at radius 3 is 2.92 bits per heavy atom. The monoisotopic (exact) mass is 339 g/mol. The molecule has 6 nitrogen and oxygen atoms in total. The number of hydrogen-bond donors (Lipinski definition) is 1. The van der Waals surface area contributed by atoms with Gasteiger partial charge in [-0.1, -0.05) is 0 Å². The Hall–Kier alpha value is -2.60. The van der Waals surface area contributed by atoms with Gasteiger partial charge in [0.2, 0.25) is 5.43 Å². The number of aromatic nitrogens is 2. The Balaban J connectivity index is 1.79. The van der Waals surface area contributed by atoms with Gasteiger partial charge >= 0.3 is 0 Å². The van der Waals surface area contributed by atoms with Crippen LogP contribution in [0.25, 0.3) is 22.4 Å². The van der Waals surface area contributed by atoms with Crippen LogP contribution in [0.4, 0.5) is 5.69 Å². The summed E-state index contributed by atoms with van der Waals surface area (Å²) < 4.78 is 12.8. The molecule has 1 saturated heterocycles. The van der Waals surface area contributed by atoms with Crippen molar-refractivity contribution in [1.82, 2.24) is 9.55 Å². The number of hydrogen-bond acceptors (Lipinski definition) is 5. The molecule has 1 N–H and O–H groups in total. The maximum absolute atomic E-state index is 13.0. The van der Waals surface area contributed by atoms with Crippen molar-refractivity contribution in [2.24, 2.45) is 0 Å².